The van der Waals surface area contributed by atoms with Gasteiger partial charge in [-0.05, 0) is 22.6 Å². The molecule has 1 aromatic rings. The van der Waals surface area contributed by atoms with Gasteiger partial charge >= 0.3 is 5.97 Å². The van der Waals surface area contributed by atoms with Crippen molar-refractivity contribution in [3.63, 3.8) is 0 Å². The standard InChI is InChI=1S/C4H3IN2O2/c5-3-2(4(8)9)6-1-7-3/h1H,(H,6,7)(H,8,9). The number of carbonyl (C=O) groups is 1. The highest BCUT2D eigenvalue weighted by Gasteiger charge is 2.08. The summed E-state index contributed by atoms with van der Waals surface area (Å²) >= 11 is 1.87. The molecule has 0 unspecified atom stereocenters. The highest BCUT2D eigenvalue weighted by molar-refractivity contribution is 14.1. The van der Waals surface area contributed by atoms with E-state index in [4.69, 9.17) is 5.11 Å². The predicted octanol–water partition coefficient (Wildman–Crippen LogP) is 0.713. The Balaban J connectivity index is 3.08. The molecule has 0 aliphatic heterocycles. The van der Waals surface area contributed by atoms with Gasteiger partial charge in [-0.2, -0.15) is 0 Å². The summed E-state index contributed by atoms with van der Waals surface area (Å²) in [4.78, 5) is 16.4. The zero-order chi connectivity index (χ0) is 6.85. The molecule has 0 aliphatic rings. The van der Waals surface area contributed by atoms with Crippen LogP contribution < -0.4 is 0 Å². The fourth-order valence-corrected chi connectivity index (χ4v) is 0.937. The van der Waals surface area contributed by atoms with Crippen molar-refractivity contribution in [3.05, 3.63) is 15.7 Å². The topological polar surface area (TPSA) is 66.0 Å². The van der Waals surface area contributed by atoms with Crippen molar-refractivity contribution in [2.24, 2.45) is 0 Å². The minimum atomic E-state index is -0.999. The molecule has 2 N–H and O–H groups in total. The lowest BCUT2D eigenvalue weighted by Crippen LogP contribution is -1.98. The Bertz CT molecular complexity index is 232. The summed E-state index contributed by atoms with van der Waals surface area (Å²) < 4.78 is 0.556. The van der Waals surface area contributed by atoms with Crippen molar-refractivity contribution < 1.29 is 9.90 Å². The van der Waals surface area contributed by atoms with Crippen LogP contribution in [0.3, 0.4) is 0 Å². The van der Waals surface area contributed by atoms with Gasteiger partial charge < -0.3 is 10.1 Å². The third-order valence-corrected chi connectivity index (χ3v) is 1.62. The highest BCUT2D eigenvalue weighted by Crippen LogP contribution is 2.04. The fourth-order valence-electron chi connectivity index (χ4n) is 0.428. The quantitative estimate of drug-likeness (QED) is 0.708. The smallest absolute Gasteiger partial charge is 0.357 e. The molecular formula is C4H3IN2O2. The van der Waals surface area contributed by atoms with E-state index < -0.39 is 5.97 Å². The first kappa shape index (κ1) is 6.53. The van der Waals surface area contributed by atoms with Gasteiger partial charge in [0.25, 0.3) is 0 Å². The van der Waals surface area contributed by atoms with Crippen LogP contribution in [0.2, 0.25) is 0 Å². The molecule has 0 atom stereocenters. The first-order chi connectivity index (χ1) is 4.22. The van der Waals surface area contributed by atoms with Gasteiger partial charge in [0.05, 0.1) is 6.33 Å². The Morgan fingerprint density at radius 3 is 2.78 bits per heavy atom. The van der Waals surface area contributed by atoms with Gasteiger partial charge in [0, 0.05) is 0 Å². The number of aromatic carboxylic acids is 1. The van der Waals surface area contributed by atoms with Crippen LogP contribution in [0.5, 0.6) is 0 Å². The summed E-state index contributed by atoms with van der Waals surface area (Å²) in [6.07, 6.45) is 1.35. The Hall–Kier alpha value is -0.590. The molecule has 0 spiro atoms. The van der Waals surface area contributed by atoms with Crippen molar-refractivity contribution in [1.29, 1.82) is 0 Å². The summed E-state index contributed by atoms with van der Waals surface area (Å²) in [6, 6.07) is 0. The number of carboxylic acids is 1. The Kier molecular flexibility index (Phi) is 1.70. The van der Waals surface area contributed by atoms with Gasteiger partial charge in [0.15, 0.2) is 5.69 Å². The maximum Gasteiger partial charge on any atom is 0.357 e. The Morgan fingerprint density at radius 2 is 2.56 bits per heavy atom. The van der Waals surface area contributed by atoms with Crippen LogP contribution in [-0.4, -0.2) is 21.0 Å². The number of H-pyrrole nitrogens is 1. The second-order valence-electron chi connectivity index (χ2n) is 1.37. The molecule has 1 heterocycles. The van der Waals surface area contributed by atoms with Gasteiger partial charge in [0.1, 0.15) is 3.70 Å². The molecular weight excluding hydrogens is 235 g/mol. The van der Waals surface area contributed by atoms with Crippen molar-refractivity contribution in [2.75, 3.05) is 0 Å². The van der Waals surface area contributed by atoms with Crippen LogP contribution in [0.15, 0.2) is 6.33 Å². The van der Waals surface area contributed by atoms with Crippen LogP contribution in [-0.2, 0) is 0 Å². The average molecular weight is 238 g/mol. The molecule has 1 rings (SSSR count). The fraction of sp³-hybridized carbons (Fsp3) is 0. The first-order valence-corrected chi connectivity index (χ1v) is 3.22. The van der Waals surface area contributed by atoms with Gasteiger partial charge in [-0.3, -0.25) is 0 Å². The van der Waals surface area contributed by atoms with Crippen molar-refractivity contribution in [3.8, 4) is 0 Å². The second kappa shape index (κ2) is 2.34. The van der Waals surface area contributed by atoms with Crippen LogP contribution in [0.25, 0.3) is 0 Å². The number of hydrogen-bond donors (Lipinski definition) is 2. The van der Waals surface area contributed by atoms with Crippen molar-refractivity contribution >= 4 is 28.6 Å². The summed E-state index contributed by atoms with van der Waals surface area (Å²) in [5.41, 5.74) is 0.0793. The SMILES string of the molecule is O=C(O)c1nc[nH]c1I. The van der Waals surface area contributed by atoms with E-state index >= 15 is 0 Å². The maximum absolute atomic E-state index is 10.2. The summed E-state index contributed by atoms with van der Waals surface area (Å²) in [6.45, 7) is 0. The van der Waals surface area contributed by atoms with Crippen molar-refractivity contribution in [2.45, 2.75) is 0 Å². The molecule has 4 nitrogen and oxygen atoms in total. The minimum absolute atomic E-state index is 0.0793. The number of nitrogens with zero attached hydrogens (tertiary/aromatic N) is 1. The third-order valence-electron chi connectivity index (χ3n) is 0.795. The number of hydrogen-bond acceptors (Lipinski definition) is 2. The van der Waals surface area contributed by atoms with E-state index in [1.807, 2.05) is 22.6 Å². The maximum atomic E-state index is 10.2. The number of rotatable bonds is 1. The van der Waals surface area contributed by atoms with E-state index in [1.54, 1.807) is 0 Å². The summed E-state index contributed by atoms with van der Waals surface area (Å²) in [5.74, 6) is -0.999. The van der Waals surface area contributed by atoms with Crippen molar-refractivity contribution in [1.82, 2.24) is 9.97 Å². The monoisotopic (exact) mass is 238 g/mol. The van der Waals surface area contributed by atoms with Gasteiger partial charge in [-0.1, -0.05) is 0 Å². The number of aromatic nitrogens is 2. The third kappa shape index (κ3) is 1.21. The number of carboxylic acid groups (broad SMARTS) is 1. The number of nitrogens with one attached hydrogen (secondary N) is 1. The molecule has 0 radical (unpaired) electrons. The van der Waals surface area contributed by atoms with E-state index in [-0.39, 0.29) is 5.69 Å². The molecule has 1 aromatic heterocycles. The van der Waals surface area contributed by atoms with E-state index in [1.165, 1.54) is 6.33 Å². The second-order valence-corrected chi connectivity index (χ2v) is 2.45. The number of imidazole rings is 1. The van der Waals surface area contributed by atoms with Gasteiger partial charge in [-0.15, -0.1) is 0 Å². The van der Waals surface area contributed by atoms with Crippen LogP contribution in [0.1, 0.15) is 10.5 Å². The largest absolute Gasteiger partial charge is 0.476 e. The number of halogens is 1. The van der Waals surface area contributed by atoms with Crippen LogP contribution in [0, 0.1) is 3.70 Å². The molecule has 0 saturated carbocycles. The van der Waals surface area contributed by atoms with Crippen LogP contribution in [0.4, 0.5) is 0 Å². The lowest BCUT2D eigenvalue weighted by atomic mass is 10.5. The molecule has 5 heteroatoms. The molecule has 9 heavy (non-hydrogen) atoms. The molecule has 0 bridgehead atoms. The van der Waals surface area contributed by atoms with Gasteiger partial charge in [0.2, 0.25) is 0 Å². The Morgan fingerprint density at radius 1 is 1.89 bits per heavy atom. The average Bonchev–Trinajstić information content (AvgIpc) is 2.13. The van der Waals surface area contributed by atoms with Gasteiger partial charge in [-0.25, -0.2) is 9.78 Å². The summed E-state index contributed by atoms with van der Waals surface area (Å²) in [7, 11) is 0. The lowest BCUT2D eigenvalue weighted by Gasteiger charge is -1.83. The van der Waals surface area contributed by atoms with E-state index in [0.29, 0.717) is 3.70 Å². The molecule has 0 amide bonds. The zero-order valence-corrected chi connectivity index (χ0v) is 6.42. The van der Waals surface area contributed by atoms with E-state index in [2.05, 4.69) is 9.97 Å². The molecule has 0 fully saturated rings. The highest BCUT2D eigenvalue weighted by atomic mass is 127. The molecule has 0 saturated heterocycles. The predicted molar refractivity (Wildman–Crippen MR) is 38.3 cm³/mol. The summed E-state index contributed by atoms with van der Waals surface area (Å²) in [5, 5.41) is 8.37. The minimum Gasteiger partial charge on any atom is -0.476 e. The van der Waals surface area contributed by atoms with Crippen LogP contribution >= 0.6 is 22.6 Å². The lowest BCUT2D eigenvalue weighted by molar-refractivity contribution is 0.0690. The normalized spacial score (nSPS) is 9.44. The zero-order valence-electron chi connectivity index (χ0n) is 4.26. The first-order valence-electron chi connectivity index (χ1n) is 2.14. The van der Waals surface area contributed by atoms with E-state index in [9.17, 15) is 4.79 Å². The van der Waals surface area contributed by atoms with E-state index in [0.717, 1.165) is 0 Å². The Labute approximate surface area is 64.4 Å². The molecule has 48 valence electrons. The molecule has 0 aromatic carbocycles. The number of aromatic amines is 1. The molecule has 0 aliphatic carbocycles.